The van der Waals surface area contributed by atoms with Gasteiger partial charge in [0.2, 0.25) is 6.20 Å². The van der Waals surface area contributed by atoms with E-state index in [1.165, 1.54) is 18.7 Å². The molecule has 0 spiro atoms. The first-order valence-corrected chi connectivity index (χ1v) is 8.67. The number of amides is 2. The Hall–Kier alpha value is -2.09. The van der Waals surface area contributed by atoms with Gasteiger partial charge in [-0.3, -0.25) is 19.3 Å². The molecular formula is C14H13N4NaO8S. The molecule has 2 aliphatic heterocycles. The standard InChI is InChI=1S/C14H14N4O8S.Na/c1-6(19)25-4-7-5-27-13-10(12(22)18(13)11(7)14(23)24)15-8(20)2-17-3-9(21)26-16-17;/h3,10,13H,2,4-5H2,1H3,(H2-,15,16,20,21,23,24);/q;+1/p-1/t10-,13-;/m1./s1. The normalized spacial score (nSPS) is 20.6. The largest absolute Gasteiger partial charge is 1.00 e. The van der Waals surface area contributed by atoms with Crippen LogP contribution >= 0.6 is 11.8 Å². The average Bonchev–Trinajstić information content (AvgIpc) is 3.01. The van der Waals surface area contributed by atoms with Crippen molar-refractivity contribution in [3.05, 3.63) is 17.5 Å². The number of thioether (sulfide) groups is 1. The van der Waals surface area contributed by atoms with Crippen molar-refractivity contribution >= 4 is 35.5 Å². The van der Waals surface area contributed by atoms with E-state index in [9.17, 15) is 29.4 Å². The molecule has 1 saturated heterocycles. The predicted octanol–water partition coefficient (Wildman–Crippen LogP) is -6.99. The number of esters is 1. The number of aromatic nitrogens is 2. The summed E-state index contributed by atoms with van der Waals surface area (Å²) in [5.74, 6) is -3.91. The van der Waals surface area contributed by atoms with Crippen LogP contribution < -0.4 is 49.8 Å². The quantitative estimate of drug-likeness (QED) is 0.202. The zero-order valence-electron chi connectivity index (χ0n) is 14.9. The van der Waals surface area contributed by atoms with Gasteiger partial charge in [-0.25, -0.2) is 0 Å². The summed E-state index contributed by atoms with van der Waals surface area (Å²) in [4.78, 5) is 47.8. The molecule has 0 bridgehead atoms. The van der Waals surface area contributed by atoms with Gasteiger partial charge < -0.3 is 29.6 Å². The minimum Gasteiger partial charge on any atom is -0.543 e. The minimum atomic E-state index is -1.57. The van der Waals surface area contributed by atoms with Gasteiger partial charge in [-0.15, -0.1) is 11.8 Å². The second-order valence-electron chi connectivity index (χ2n) is 5.69. The molecule has 3 rings (SSSR count). The monoisotopic (exact) mass is 420 g/mol. The zero-order valence-corrected chi connectivity index (χ0v) is 17.7. The maximum Gasteiger partial charge on any atom is 1.00 e. The fourth-order valence-corrected chi connectivity index (χ4v) is 4.00. The Kier molecular flexibility index (Phi) is 7.09. The Labute approximate surface area is 184 Å². The zero-order chi connectivity index (χ0) is 19.7. The summed E-state index contributed by atoms with van der Waals surface area (Å²) in [7, 11) is 0. The van der Waals surface area contributed by atoms with Crippen LogP contribution in [-0.4, -0.2) is 57.7 Å². The van der Waals surface area contributed by atoms with Crippen molar-refractivity contribution in [2.75, 3.05) is 12.4 Å². The van der Waals surface area contributed by atoms with Gasteiger partial charge in [0.05, 0.1) is 16.9 Å². The molecule has 1 aromatic heterocycles. The van der Waals surface area contributed by atoms with E-state index in [2.05, 4.69) is 15.1 Å². The number of aliphatic carboxylic acids is 1. The molecular weight excluding hydrogens is 407 g/mol. The molecule has 3 heterocycles. The smallest absolute Gasteiger partial charge is 0.543 e. The molecule has 0 radical (unpaired) electrons. The fraction of sp³-hybridized carbons (Fsp3) is 0.429. The molecule has 12 nitrogen and oxygen atoms in total. The van der Waals surface area contributed by atoms with Gasteiger partial charge >= 0.3 is 35.5 Å². The number of nitrogens with zero attached hydrogens (tertiary/aromatic N) is 3. The van der Waals surface area contributed by atoms with Crippen molar-refractivity contribution in [2.45, 2.75) is 24.9 Å². The second kappa shape index (κ2) is 8.94. The predicted molar refractivity (Wildman–Crippen MR) is 79.8 cm³/mol. The van der Waals surface area contributed by atoms with Gasteiger partial charge in [-0.2, -0.15) is 0 Å². The number of nitrogens with one attached hydrogen (secondary N) is 1. The van der Waals surface area contributed by atoms with Crippen molar-refractivity contribution in [1.82, 2.24) is 15.5 Å². The van der Waals surface area contributed by atoms with Gasteiger partial charge in [-0.1, -0.05) is 4.68 Å². The van der Waals surface area contributed by atoms with Crippen LogP contribution in [-0.2, 0) is 30.5 Å². The number of hydrogen-bond donors (Lipinski definition) is 1. The number of ether oxygens (including phenoxy) is 1. The molecule has 2 amide bonds. The van der Waals surface area contributed by atoms with Crippen molar-refractivity contribution < 1.29 is 72.9 Å². The Balaban J connectivity index is 0.00000280. The van der Waals surface area contributed by atoms with Gasteiger partial charge in [0.15, 0.2) is 0 Å². The van der Waals surface area contributed by atoms with E-state index in [-0.39, 0.29) is 59.7 Å². The number of fused-ring (bicyclic) bond motifs is 1. The fourth-order valence-electron chi connectivity index (χ4n) is 2.67. The molecule has 2 atom stereocenters. The number of carbonyl (C=O) groups is 4. The number of rotatable bonds is 6. The van der Waals surface area contributed by atoms with Crippen LogP contribution in [0, 0.1) is 0 Å². The van der Waals surface area contributed by atoms with Crippen LogP contribution in [0.25, 0.3) is 0 Å². The minimum absolute atomic E-state index is 0. The van der Waals surface area contributed by atoms with E-state index in [1.807, 2.05) is 0 Å². The summed E-state index contributed by atoms with van der Waals surface area (Å²) in [6.07, 6.45) is 0.974. The van der Waals surface area contributed by atoms with Crippen LogP contribution in [0.3, 0.4) is 0 Å². The van der Waals surface area contributed by atoms with Crippen molar-refractivity contribution in [3.63, 3.8) is 0 Å². The third-order valence-corrected chi connectivity index (χ3v) is 5.14. The van der Waals surface area contributed by atoms with E-state index in [0.717, 1.165) is 15.8 Å². The van der Waals surface area contributed by atoms with Crippen molar-refractivity contribution in [1.29, 1.82) is 0 Å². The summed E-state index contributed by atoms with van der Waals surface area (Å²) in [5, 5.41) is 27.5. The van der Waals surface area contributed by atoms with Crippen LogP contribution in [0.1, 0.15) is 6.92 Å². The first kappa shape index (κ1) is 22.2. The SMILES string of the molecule is CC(=O)OCC1=C(C(=O)[O-])N2C(=O)[C@@H](NC(=O)C[n+]3cc([O-])on3)[C@H]2SC1.[Na+]. The number of hydrogen-bond acceptors (Lipinski definition) is 10. The Morgan fingerprint density at radius 2 is 2.21 bits per heavy atom. The molecule has 0 aromatic carbocycles. The third kappa shape index (κ3) is 4.48. The van der Waals surface area contributed by atoms with Crippen LogP contribution in [0.15, 0.2) is 22.0 Å². The molecule has 0 aliphatic carbocycles. The third-order valence-electron chi connectivity index (χ3n) is 3.80. The van der Waals surface area contributed by atoms with E-state index >= 15 is 0 Å². The second-order valence-corrected chi connectivity index (χ2v) is 6.80. The molecule has 1 fully saturated rings. The van der Waals surface area contributed by atoms with E-state index in [1.54, 1.807) is 0 Å². The molecule has 1 aromatic rings. The van der Waals surface area contributed by atoms with Gasteiger partial charge in [0.1, 0.15) is 24.0 Å². The van der Waals surface area contributed by atoms with Crippen molar-refractivity contribution in [2.24, 2.45) is 0 Å². The maximum absolute atomic E-state index is 12.4. The van der Waals surface area contributed by atoms with Gasteiger partial charge in [0.25, 0.3) is 18.4 Å². The molecule has 144 valence electrons. The van der Waals surface area contributed by atoms with Crippen LogP contribution in [0.5, 0.6) is 5.95 Å². The number of β-lactam (4-membered cyclic amide) rings is 1. The van der Waals surface area contributed by atoms with Gasteiger partial charge in [0, 0.05) is 18.2 Å². The summed E-state index contributed by atoms with van der Waals surface area (Å²) in [6, 6.07) is -0.939. The molecule has 2 aliphatic rings. The number of carboxylic acids is 1. The van der Waals surface area contributed by atoms with E-state index in [4.69, 9.17) is 4.74 Å². The molecule has 14 heteroatoms. The molecule has 28 heavy (non-hydrogen) atoms. The van der Waals surface area contributed by atoms with E-state index in [0.29, 0.717) is 0 Å². The summed E-state index contributed by atoms with van der Waals surface area (Å²) >= 11 is 1.22. The van der Waals surface area contributed by atoms with E-state index < -0.39 is 41.1 Å². The Bertz CT molecular complexity index is 856. The first-order valence-electron chi connectivity index (χ1n) is 7.62. The van der Waals surface area contributed by atoms with Crippen LogP contribution in [0.2, 0.25) is 0 Å². The number of carboxylic acid groups (broad SMARTS) is 1. The maximum atomic E-state index is 12.4. The van der Waals surface area contributed by atoms with Gasteiger partial charge in [-0.05, 0) is 0 Å². The summed E-state index contributed by atoms with van der Waals surface area (Å²) in [6.45, 7) is 0.578. The molecule has 0 saturated carbocycles. The summed E-state index contributed by atoms with van der Waals surface area (Å²) in [5.41, 5.74) is -0.108. The Morgan fingerprint density at radius 1 is 1.50 bits per heavy atom. The van der Waals surface area contributed by atoms with Crippen LogP contribution in [0.4, 0.5) is 0 Å². The molecule has 1 N–H and O–H groups in total. The summed E-state index contributed by atoms with van der Waals surface area (Å²) < 4.78 is 10.1. The molecule has 0 unspecified atom stereocenters. The Morgan fingerprint density at radius 3 is 2.79 bits per heavy atom. The number of carbonyl (C=O) groups excluding carboxylic acids is 4. The average molecular weight is 420 g/mol. The topological polar surface area (TPSA) is 169 Å². The first-order chi connectivity index (χ1) is 12.8. The van der Waals surface area contributed by atoms with Crippen molar-refractivity contribution in [3.8, 4) is 5.95 Å².